The van der Waals surface area contributed by atoms with Gasteiger partial charge in [-0.2, -0.15) is 0 Å². The van der Waals surface area contributed by atoms with E-state index in [9.17, 15) is 0 Å². The first kappa shape index (κ1) is 14.1. The van der Waals surface area contributed by atoms with Crippen LogP contribution in [0.1, 0.15) is 43.1 Å². The SMILES string of the molecule is Cc1cn(C)c([C@H]2CCCN(C3CCN(C)CC3)C2)n1. The summed E-state index contributed by atoms with van der Waals surface area (Å²) >= 11 is 0. The fraction of sp³-hybridized carbons (Fsp3) is 0.812. The van der Waals surface area contributed by atoms with E-state index in [2.05, 4.69) is 41.6 Å². The van der Waals surface area contributed by atoms with E-state index in [-0.39, 0.29) is 0 Å². The van der Waals surface area contributed by atoms with Crippen LogP contribution in [-0.4, -0.2) is 58.6 Å². The fourth-order valence-corrected chi connectivity index (χ4v) is 3.92. The molecule has 112 valence electrons. The third kappa shape index (κ3) is 2.91. The van der Waals surface area contributed by atoms with Gasteiger partial charge in [-0.3, -0.25) is 4.90 Å². The first-order valence-electron chi connectivity index (χ1n) is 8.06. The molecule has 20 heavy (non-hydrogen) atoms. The lowest BCUT2D eigenvalue weighted by atomic mass is 9.93. The van der Waals surface area contributed by atoms with Crippen molar-refractivity contribution in [2.45, 2.75) is 44.6 Å². The van der Waals surface area contributed by atoms with Gasteiger partial charge in [-0.05, 0) is 59.3 Å². The smallest absolute Gasteiger partial charge is 0.113 e. The zero-order chi connectivity index (χ0) is 14.1. The van der Waals surface area contributed by atoms with Crippen LogP contribution in [0.2, 0.25) is 0 Å². The van der Waals surface area contributed by atoms with Crippen LogP contribution in [0.25, 0.3) is 0 Å². The van der Waals surface area contributed by atoms with Gasteiger partial charge >= 0.3 is 0 Å². The molecule has 0 aromatic carbocycles. The summed E-state index contributed by atoms with van der Waals surface area (Å²) in [5, 5.41) is 0. The minimum Gasteiger partial charge on any atom is -0.337 e. The quantitative estimate of drug-likeness (QED) is 0.826. The summed E-state index contributed by atoms with van der Waals surface area (Å²) in [6, 6.07) is 0.801. The maximum absolute atomic E-state index is 4.75. The van der Waals surface area contributed by atoms with Crippen molar-refractivity contribution in [3.05, 3.63) is 17.7 Å². The third-order valence-corrected chi connectivity index (χ3v) is 5.06. The van der Waals surface area contributed by atoms with Gasteiger partial charge in [0.25, 0.3) is 0 Å². The van der Waals surface area contributed by atoms with E-state index < -0.39 is 0 Å². The molecule has 4 heteroatoms. The molecule has 2 aliphatic rings. The molecule has 3 rings (SSSR count). The minimum atomic E-state index is 0.627. The van der Waals surface area contributed by atoms with Crippen molar-refractivity contribution in [2.24, 2.45) is 7.05 Å². The molecule has 0 unspecified atom stereocenters. The van der Waals surface area contributed by atoms with Crippen LogP contribution in [0, 0.1) is 6.92 Å². The second-order valence-electron chi connectivity index (χ2n) is 6.72. The monoisotopic (exact) mass is 276 g/mol. The Kier molecular flexibility index (Phi) is 4.13. The highest BCUT2D eigenvalue weighted by Crippen LogP contribution is 2.29. The molecule has 2 fully saturated rings. The predicted molar refractivity (Wildman–Crippen MR) is 82.0 cm³/mol. The number of hydrogen-bond donors (Lipinski definition) is 0. The van der Waals surface area contributed by atoms with Crippen LogP contribution in [-0.2, 0) is 7.05 Å². The normalized spacial score (nSPS) is 27.1. The lowest BCUT2D eigenvalue weighted by Crippen LogP contribution is -2.47. The van der Waals surface area contributed by atoms with Crippen LogP contribution in [0.5, 0.6) is 0 Å². The molecule has 0 bridgehead atoms. The van der Waals surface area contributed by atoms with Crippen molar-refractivity contribution in [3.63, 3.8) is 0 Å². The van der Waals surface area contributed by atoms with Crippen molar-refractivity contribution in [3.8, 4) is 0 Å². The van der Waals surface area contributed by atoms with E-state index in [0.29, 0.717) is 5.92 Å². The van der Waals surface area contributed by atoms with Crippen LogP contribution in [0.4, 0.5) is 0 Å². The fourth-order valence-electron chi connectivity index (χ4n) is 3.92. The van der Waals surface area contributed by atoms with Crippen molar-refractivity contribution in [2.75, 3.05) is 33.2 Å². The molecule has 0 spiro atoms. The van der Waals surface area contributed by atoms with Gasteiger partial charge in [-0.1, -0.05) is 0 Å². The topological polar surface area (TPSA) is 24.3 Å². The van der Waals surface area contributed by atoms with E-state index in [0.717, 1.165) is 11.7 Å². The summed E-state index contributed by atoms with van der Waals surface area (Å²) in [6.45, 7) is 7.11. The number of hydrogen-bond acceptors (Lipinski definition) is 3. The molecule has 0 saturated carbocycles. The van der Waals surface area contributed by atoms with Gasteiger partial charge in [-0.15, -0.1) is 0 Å². The maximum atomic E-state index is 4.75. The highest BCUT2D eigenvalue weighted by atomic mass is 15.2. The van der Waals surface area contributed by atoms with Gasteiger partial charge in [0, 0.05) is 31.7 Å². The van der Waals surface area contributed by atoms with E-state index in [1.165, 1.54) is 57.7 Å². The number of imidazole rings is 1. The van der Waals surface area contributed by atoms with Crippen molar-refractivity contribution in [1.29, 1.82) is 0 Å². The average molecular weight is 276 g/mol. The van der Waals surface area contributed by atoms with Crippen molar-refractivity contribution in [1.82, 2.24) is 19.4 Å². The lowest BCUT2D eigenvalue weighted by Gasteiger charge is -2.41. The van der Waals surface area contributed by atoms with Crippen LogP contribution >= 0.6 is 0 Å². The maximum Gasteiger partial charge on any atom is 0.113 e. The summed E-state index contributed by atoms with van der Waals surface area (Å²) < 4.78 is 2.23. The lowest BCUT2D eigenvalue weighted by molar-refractivity contribution is 0.0922. The summed E-state index contributed by atoms with van der Waals surface area (Å²) in [4.78, 5) is 9.95. The van der Waals surface area contributed by atoms with E-state index in [4.69, 9.17) is 4.98 Å². The zero-order valence-electron chi connectivity index (χ0n) is 13.2. The van der Waals surface area contributed by atoms with E-state index >= 15 is 0 Å². The van der Waals surface area contributed by atoms with Gasteiger partial charge in [0.05, 0.1) is 5.69 Å². The van der Waals surface area contributed by atoms with Gasteiger partial charge in [-0.25, -0.2) is 4.98 Å². The molecule has 0 aliphatic carbocycles. The number of likely N-dealkylation sites (tertiary alicyclic amines) is 2. The number of aromatic nitrogens is 2. The summed E-state index contributed by atoms with van der Waals surface area (Å²) in [7, 11) is 4.38. The minimum absolute atomic E-state index is 0.627. The summed E-state index contributed by atoms with van der Waals surface area (Å²) in [5.74, 6) is 1.92. The molecule has 3 heterocycles. The molecule has 2 aliphatic heterocycles. The Morgan fingerprint density at radius 2 is 1.85 bits per heavy atom. The summed E-state index contributed by atoms with van der Waals surface area (Å²) in [6.07, 6.45) is 7.45. The van der Waals surface area contributed by atoms with Crippen LogP contribution < -0.4 is 0 Å². The Morgan fingerprint density at radius 1 is 1.10 bits per heavy atom. The highest BCUT2D eigenvalue weighted by molar-refractivity contribution is 5.08. The predicted octanol–water partition coefficient (Wildman–Crippen LogP) is 2.00. The summed E-state index contributed by atoms with van der Waals surface area (Å²) in [5.41, 5.74) is 1.15. The van der Waals surface area contributed by atoms with Crippen LogP contribution in [0.15, 0.2) is 6.20 Å². The first-order chi connectivity index (χ1) is 9.63. The highest BCUT2D eigenvalue weighted by Gasteiger charge is 2.30. The molecule has 2 saturated heterocycles. The van der Waals surface area contributed by atoms with Gasteiger partial charge in [0.15, 0.2) is 0 Å². The standard InChI is InChI=1S/C16H28N4/c1-13-11-19(3)16(17-13)14-5-4-8-20(12-14)15-6-9-18(2)10-7-15/h11,14-15H,4-10,12H2,1-3H3/t14-/m0/s1. The molecule has 1 atom stereocenters. The Balaban J connectivity index is 1.66. The van der Waals surface area contributed by atoms with Crippen LogP contribution in [0.3, 0.4) is 0 Å². The van der Waals surface area contributed by atoms with Gasteiger partial charge in [0.2, 0.25) is 0 Å². The third-order valence-electron chi connectivity index (χ3n) is 5.06. The van der Waals surface area contributed by atoms with Gasteiger partial charge < -0.3 is 9.47 Å². The Bertz CT molecular complexity index is 445. The molecule has 4 nitrogen and oxygen atoms in total. The number of nitrogens with zero attached hydrogens (tertiary/aromatic N) is 4. The second-order valence-corrected chi connectivity index (χ2v) is 6.72. The average Bonchev–Trinajstić information content (AvgIpc) is 2.79. The Labute approximate surface area is 122 Å². The molecular weight excluding hydrogens is 248 g/mol. The molecule has 1 aromatic heterocycles. The largest absolute Gasteiger partial charge is 0.337 e. The number of aryl methyl sites for hydroxylation is 2. The molecule has 0 N–H and O–H groups in total. The second kappa shape index (κ2) is 5.86. The van der Waals surface area contributed by atoms with Gasteiger partial charge in [0.1, 0.15) is 5.82 Å². The molecule has 0 radical (unpaired) electrons. The first-order valence-corrected chi connectivity index (χ1v) is 8.06. The Hall–Kier alpha value is -0.870. The zero-order valence-corrected chi connectivity index (χ0v) is 13.2. The molecular formula is C16H28N4. The Morgan fingerprint density at radius 3 is 2.50 bits per heavy atom. The number of piperidine rings is 2. The molecule has 0 amide bonds. The van der Waals surface area contributed by atoms with Crippen molar-refractivity contribution >= 4 is 0 Å². The van der Waals surface area contributed by atoms with Crippen molar-refractivity contribution < 1.29 is 0 Å². The van der Waals surface area contributed by atoms with E-state index in [1.54, 1.807) is 0 Å². The van der Waals surface area contributed by atoms with E-state index in [1.807, 2.05) is 0 Å². The molecule has 1 aromatic rings. The number of rotatable bonds is 2.